The summed E-state index contributed by atoms with van der Waals surface area (Å²) < 4.78 is 10.5. The first-order valence-electron chi connectivity index (χ1n) is 7.60. The van der Waals surface area contributed by atoms with E-state index in [-0.39, 0.29) is 18.6 Å². The largest absolute Gasteiger partial charge is 0.464 e. The van der Waals surface area contributed by atoms with E-state index in [1.54, 1.807) is 27.7 Å². The van der Waals surface area contributed by atoms with E-state index in [9.17, 15) is 14.7 Å². The molecule has 4 atom stereocenters. The summed E-state index contributed by atoms with van der Waals surface area (Å²) in [4.78, 5) is 26.2. The van der Waals surface area contributed by atoms with Gasteiger partial charge >= 0.3 is 12.1 Å². The van der Waals surface area contributed by atoms with Crippen LogP contribution in [0.25, 0.3) is 0 Å². The molecular weight excluding hydrogens is 274 g/mol. The number of piperidine rings is 2. The van der Waals surface area contributed by atoms with Crippen molar-refractivity contribution >= 4 is 12.1 Å². The van der Waals surface area contributed by atoms with Crippen molar-refractivity contribution in [3.63, 3.8) is 0 Å². The number of aliphatic hydroxyl groups excluding tert-OH is 1. The summed E-state index contributed by atoms with van der Waals surface area (Å²) in [5.74, 6) is -0.710. The average molecular weight is 299 g/mol. The van der Waals surface area contributed by atoms with Crippen LogP contribution in [0.2, 0.25) is 0 Å². The zero-order chi connectivity index (χ0) is 15.8. The van der Waals surface area contributed by atoms with Crippen molar-refractivity contribution in [2.24, 2.45) is 5.92 Å². The van der Waals surface area contributed by atoms with Crippen molar-refractivity contribution in [2.45, 2.75) is 70.7 Å². The number of carbonyl (C=O) groups excluding carboxylic acids is 2. The maximum Gasteiger partial charge on any atom is 0.411 e. The molecule has 2 aliphatic heterocycles. The second kappa shape index (κ2) is 5.83. The Hall–Kier alpha value is -1.30. The SMILES string of the molecule is CCOC(=O)[C@H]1[C@H]2CC[C@H](C[C@@H]2O)N1C(=O)OC(C)(C)C. The zero-order valence-electron chi connectivity index (χ0n) is 13.2. The molecule has 0 radical (unpaired) electrons. The number of amides is 1. The van der Waals surface area contributed by atoms with Gasteiger partial charge in [0.05, 0.1) is 12.7 Å². The summed E-state index contributed by atoms with van der Waals surface area (Å²) in [6.45, 7) is 7.36. The van der Waals surface area contributed by atoms with Gasteiger partial charge in [0.1, 0.15) is 11.6 Å². The first-order chi connectivity index (χ1) is 9.74. The number of fused-ring (bicyclic) bond motifs is 3. The molecule has 0 aromatic heterocycles. The molecule has 1 aliphatic carbocycles. The first-order valence-corrected chi connectivity index (χ1v) is 7.60. The molecule has 0 spiro atoms. The number of nitrogens with zero attached hydrogens (tertiary/aromatic N) is 1. The second-order valence-corrected chi connectivity index (χ2v) is 6.78. The molecule has 3 aliphatic rings. The normalized spacial score (nSPS) is 32.0. The molecule has 120 valence electrons. The van der Waals surface area contributed by atoms with E-state index in [2.05, 4.69) is 0 Å². The van der Waals surface area contributed by atoms with Crippen molar-refractivity contribution in [3.8, 4) is 0 Å². The van der Waals surface area contributed by atoms with Gasteiger partial charge in [0.2, 0.25) is 0 Å². The van der Waals surface area contributed by atoms with Crippen LogP contribution >= 0.6 is 0 Å². The average Bonchev–Trinajstić information content (AvgIpc) is 2.36. The third-order valence-electron chi connectivity index (χ3n) is 4.07. The highest BCUT2D eigenvalue weighted by Gasteiger charge is 2.53. The summed E-state index contributed by atoms with van der Waals surface area (Å²) >= 11 is 0. The van der Waals surface area contributed by atoms with E-state index < -0.39 is 29.8 Å². The van der Waals surface area contributed by atoms with Crippen LogP contribution in [0.1, 0.15) is 47.0 Å². The zero-order valence-corrected chi connectivity index (χ0v) is 13.2. The fourth-order valence-electron chi connectivity index (χ4n) is 3.30. The number of rotatable bonds is 2. The summed E-state index contributed by atoms with van der Waals surface area (Å²) in [6, 6.07) is -0.892. The Bertz CT molecular complexity index is 417. The highest BCUT2D eigenvalue weighted by Crippen LogP contribution is 2.41. The molecule has 6 nitrogen and oxygen atoms in total. The quantitative estimate of drug-likeness (QED) is 0.785. The maximum absolute atomic E-state index is 12.4. The topological polar surface area (TPSA) is 76.1 Å². The second-order valence-electron chi connectivity index (χ2n) is 6.78. The van der Waals surface area contributed by atoms with Crippen molar-refractivity contribution in [3.05, 3.63) is 0 Å². The minimum Gasteiger partial charge on any atom is -0.464 e. The Morgan fingerprint density at radius 3 is 2.48 bits per heavy atom. The van der Waals surface area contributed by atoms with E-state index in [1.165, 1.54) is 4.90 Å². The van der Waals surface area contributed by atoms with Gasteiger partial charge in [-0.1, -0.05) is 0 Å². The molecule has 2 bridgehead atoms. The molecule has 2 saturated heterocycles. The number of aliphatic hydroxyl groups is 1. The third kappa shape index (κ3) is 3.31. The highest BCUT2D eigenvalue weighted by molar-refractivity contribution is 5.83. The van der Waals surface area contributed by atoms with E-state index in [4.69, 9.17) is 9.47 Å². The lowest BCUT2D eigenvalue weighted by Gasteiger charge is -2.51. The standard InChI is InChI=1S/C15H25NO5/c1-5-20-13(18)12-10-7-6-9(8-11(10)17)16(12)14(19)21-15(2,3)4/h9-12,17H,5-8H2,1-4H3/t9-,10+,11+,12-/m1/s1. The fourth-order valence-corrected chi connectivity index (χ4v) is 3.30. The number of esters is 1. The van der Waals surface area contributed by atoms with Gasteiger partial charge in [-0.25, -0.2) is 9.59 Å². The minimum atomic E-state index is -0.734. The molecule has 1 saturated carbocycles. The van der Waals surface area contributed by atoms with Crippen LogP contribution < -0.4 is 0 Å². The van der Waals surface area contributed by atoms with Crippen molar-refractivity contribution in [1.29, 1.82) is 0 Å². The lowest BCUT2D eigenvalue weighted by Crippen LogP contribution is -2.65. The highest BCUT2D eigenvalue weighted by atomic mass is 16.6. The summed E-state index contributed by atoms with van der Waals surface area (Å²) in [7, 11) is 0. The Labute approximate surface area is 125 Å². The number of carbonyl (C=O) groups is 2. The van der Waals surface area contributed by atoms with Crippen molar-refractivity contribution in [2.75, 3.05) is 6.61 Å². The van der Waals surface area contributed by atoms with Crippen LogP contribution in [0.4, 0.5) is 4.79 Å². The maximum atomic E-state index is 12.4. The van der Waals surface area contributed by atoms with Gasteiger partial charge < -0.3 is 14.6 Å². The molecule has 21 heavy (non-hydrogen) atoms. The summed E-state index contributed by atoms with van der Waals surface area (Å²) in [5, 5.41) is 10.1. The van der Waals surface area contributed by atoms with Gasteiger partial charge in [-0.15, -0.1) is 0 Å². The molecule has 3 fully saturated rings. The Morgan fingerprint density at radius 2 is 1.95 bits per heavy atom. The molecule has 6 heteroatoms. The molecule has 0 aromatic carbocycles. The predicted molar refractivity (Wildman–Crippen MR) is 75.6 cm³/mol. The molecule has 1 amide bonds. The fraction of sp³-hybridized carbons (Fsp3) is 0.867. The number of ether oxygens (including phenoxy) is 2. The van der Waals surface area contributed by atoms with Crippen LogP contribution in [0, 0.1) is 5.92 Å². The Balaban J connectivity index is 2.23. The van der Waals surface area contributed by atoms with E-state index >= 15 is 0 Å². The molecule has 0 unspecified atom stereocenters. The predicted octanol–water partition coefficient (Wildman–Crippen LogP) is 1.70. The number of hydrogen-bond donors (Lipinski definition) is 1. The molecule has 3 rings (SSSR count). The lowest BCUT2D eigenvalue weighted by atomic mass is 9.73. The van der Waals surface area contributed by atoms with Gasteiger partial charge in [-0.3, -0.25) is 4.90 Å². The van der Waals surface area contributed by atoms with E-state index in [0.29, 0.717) is 6.42 Å². The van der Waals surface area contributed by atoms with Gasteiger partial charge in [0.25, 0.3) is 0 Å². The van der Waals surface area contributed by atoms with Crippen LogP contribution in [0.5, 0.6) is 0 Å². The van der Waals surface area contributed by atoms with Crippen molar-refractivity contribution < 1.29 is 24.2 Å². The van der Waals surface area contributed by atoms with Gasteiger partial charge in [0, 0.05) is 12.0 Å². The van der Waals surface area contributed by atoms with Crippen molar-refractivity contribution in [1.82, 2.24) is 4.90 Å². The van der Waals surface area contributed by atoms with Gasteiger partial charge in [-0.2, -0.15) is 0 Å². The van der Waals surface area contributed by atoms with Gasteiger partial charge in [0.15, 0.2) is 0 Å². The third-order valence-corrected chi connectivity index (χ3v) is 4.07. The smallest absolute Gasteiger partial charge is 0.411 e. The van der Waals surface area contributed by atoms with Gasteiger partial charge in [-0.05, 0) is 47.0 Å². The lowest BCUT2D eigenvalue weighted by molar-refractivity contribution is -0.165. The number of hydrogen-bond acceptors (Lipinski definition) is 5. The Kier molecular flexibility index (Phi) is 4.46. The first kappa shape index (κ1) is 16.1. The Morgan fingerprint density at radius 1 is 1.29 bits per heavy atom. The van der Waals surface area contributed by atoms with Crippen LogP contribution in [0.15, 0.2) is 0 Å². The summed E-state index contributed by atoms with van der Waals surface area (Å²) in [6.07, 6.45) is 0.963. The molecular formula is C15H25NO5. The molecule has 2 heterocycles. The summed E-state index contributed by atoms with van der Waals surface area (Å²) in [5.41, 5.74) is -0.619. The van der Waals surface area contributed by atoms with Crippen LogP contribution in [0.3, 0.4) is 0 Å². The van der Waals surface area contributed by atoms with Crippen LogP contribution in [-0.2, 0) is 14.3 Å². The minimum absolute atomic E-state index is 0.158. The van der Waals surface area contributed by atoms with E-state index in [1.807, 2.05) is 0 Å². The molecule has 0 aromatic rings. The monoisotopic (exact) mass is 299 g/mol. The molecule has 1 N–H and O–H groups in total. The van der Waals surface area contributed by atoms with E-state index in [0.717, 1.165) is 12.8 Å². The van der Waals surface area contributed by atoms with Crippen LogP contribution in [-0.4, -0.2) is 52.5 Å².